The monoisotopic (exact) mass is 345 g/mol. The normalized spacial score (nSPS) is 18.8. The second-order valence-corrected chi connectivity index (χ2v) is 6.95. The summed E-state index contributed by atoms with van der Waals surface area (Å²) in [6.45, 7) is 3.81. The molecule has 2 aromatic rings. The van der Waals surface area contributed by atoms with Crippen LogP contribution in [0.1, 0.15) is 18.2 Å². The summed E-state index contributed by atoms with van der Waals surface area (Å²) in [6.07, 6.45) is 0. The Labute approximate surface area is 142 Å². The topological polar surface area (TPSA) is 65.8 Å². The lowest BCUT2D eigenvalue weighted by molar-refractivity contribution is -0.121. The summed E-state index contributed by atoms with van der Waals surface area (Å²) in [5.74, 6) is 0.128. The van der Waals surface area contributed by atoms with Crippen molar-refractivity contribution in [2.75, 3.05) is 7.05 Å². The van der Waals surface area contributed by atoms with E-state index in [1.807, 2.05) is 19.2 Å². The Morgan fingerprint density at radius 2 is 2.00 bits per heavy atom. The summed E-state index contributed by atoms with van der Waals surface area (Å²) < 4.78 is 0. The summed E-state index contributed by atoms with van der Waals surface area (Å²) in [5.41, 5.74) is 2.69. The van der Waals surface area contributed by atoms with Crippen molar-refractivity contribution in [3.63, 3.8) is 0 Å². The number of aliphatic imine (C=N–C) groups is 1. The number of thiazole rings is 1. The Balaban J connectivity index is 1.95. The standard InChI is InChI=1S/C16H15N3O2S2/c1-9-8-22-15(17-9)18-16-19(3)14(21)13(23-16)10(2)11-4-6-12(20)7-5-11/h4-8,20H,1-3H3/b13-10-,18-16+. The first kappa shape index (κ1) is 15.8. The van der Waals surface area contributed by atoms with Crippen molar-refractivity contribution >= 4 is 44.9 Å². The maximum absolute atomic E-state index is 12.5. The van der Waals surface area contributed by atoms with Gasteiger partial charge in [0.15, 0.2) is 5.17 Å². The molecular weight excluding hydrogens is 330 g/mol. The highest BCUT2D eigenvalue weighted by Crippen LogP contribution is 2.37. The van der Waals surface area contributed by atoms with Crippen LogP contribution in [0.15, 0.2) is 39.5 Å². The number of likely N-dealkylation sites (N-methyl/N-ethyl adjacent to an activating group) is 1. The highest BCUT2D eigenvalue weighted by atomic mass is 32.2. The lowest BCUT2D eigenvalue weighted by Gasteiger charge is -2.06. The molecule has 0 atom stereocenters. The molecule has 1 aliphatic heterocycles. The lowest BCUT2D eigenvalue weighted by Crippen LogP contribution is -2.23. The molecule has 7 heteroatoms. The average molecular weight is 345 g/mol. The van der Waals surface area contributed by atoms with E-state index >= 15 is 0 Å². The van der Waals surface area contributed by atoms with Gasteiger partial charge in [-0.2, -0.15) is 4.99 Å². The maximum atomic E-state index is 12.5. The molecule has 1 aromatic carbocycles. The third-order valence-electron chi connectivity index (χ3n) is 3.42. The molecule has 0 spiro atoms. The van der Waals surface area contributed by atoms with E-state index < -0.39 is 0 Å². The first-order valence-electron chi connectivity index (χ1n) is 6.92. The van der Waals surface area contributed by atoms with Crippen molar-refractivity contribution < 1.29 is 9.90 Å². The minimum absolute atomic E-state index is 0.0763. The maximum Gasteiger partial charge on any atom is 0.266 e. The molecule has 1 amide bonds. The third-order valence-corrected chi connectivity index (χ3v) is 5.50. The van der Waals surface area contributed by atoms with Gasteiger partial charge in [-0.25, -0.2) is 4.98 Å². The van der Waals surface area contributed by atoms with Gasteiger partial charge in [0, 0.05) is 12.4 Å². The van der Waals surface area contributed by atoms with Crippen LogP contribution in [-0.2, 0) is 4.79 Å². The van der Waals surface area contributed by atoms with Crippen LogP contribution in [0.25, 0.3) is 5.57 Å². The first-order valence-corrected chi connectivity index (χ1v) is 8.62. The van der Waals surface area contributed by atoms with E-state index in [1.165, 1.54) is 23.1 Å². The van der Waals surface area contributed by atoms with Gasteiger partial charge in [0.2, 0.25) is 5.13 Å². The fourth-order valence-electron chi connectivity index (χ4n) is 2.09. The number of carbonyl (C=O) groups is 1. The van der Waals surface area contributed by atoms with E-state index in [4.69, 9.17) is 0 Å². The van der Waals surface area contributed by atoms with E-state index in [-0.39, 0.29) is 11.7 Å². The predicted octanol–water partition coefficient (Wildman–Crippen LogP) is 3.78. The van der Waals surface area contributed by atoms with E-state index in [0.717, 1.165) is 16.8 Å². The first-order chi connectivity index (χ1) is 11.0. The second-order valence-electron chi connectivity index (χ2n) is 5.13. The van der Waals surface area contributed by atoms with Gasteiger partial charge < -0.3 is 5.11 Å². The van der Waals surface area contributed by atoms with Gasteiger partial charge in [-0.15, -0.1) is 11.3 Å². The summed E-state index contributed by atoms with van der Waals surface area (Å²) in [4.78, 5) is 23.5. The van der Waals surface area contributed by atoms with Crippen molar-refractivity contribution in [1.82, 2.24) is 9.88 Å². The molecule has 0 bridgehead atoms. The highest BCUT2D eigenvalue weighted by molar-refractivity contribution is 8.18. The summed E-state index contributed by atoms with van der Waals surface area (Å²) in [6, 6.07) is 6.82. The molecule has 0 radical (unpaired) electrons. The van der Waals surface area contributed by atoms with Crippen LogP contribution in [0.4, 0.5) is 5.13 Å². The van der Waals surface area contributed by atoms with E-state index in [1.54, 1.807) is 36.2 Å². The van der Waals surface area contributed by atoms with Crippen molar-refractivity contribution in [3.8, 4) is 5.75 Å². The molecule has 1 N–H and O–H groups in total. The Kier molecular flexibility index (Phi) is 4.23. The third kappa shape index (κ3) is 3.16. The van der Waals surface area contributed by atoms with Gasteiger partial charge >= 0.3 is 0 Å². The average Bonchev–Trinajstić information content (AvgIpc) is 3.06. The number of aryl methyl sites for hydroxylation is 1. The zero-order valence-electron chi connectivity index (χ0n) is 12.9. The van der Waals surface area contributed by atoms with Crippen molar-refractivity contribution in [2.45, 2.75) is 13.8 Å². The number of phenols is 1. The Morgan fingerprint density at radius 1 is 1.30 bits per heavy atom. The van der Waals surface area contributed by atoms with Gasteiger partial charge in [-0.3, -0.25) is 9.69 Å². The summed E-state index contributed by atoms with van der Waals surface area (Å²) in [5, 5.41) is 12.6. The zero-order chi connectivity index (χ0) is 16.6. The number of phenolic OH excluding ortho intramolecular Hbond substituents is 1. The van der Waals surface area contributed by atoms with Gasteiger partial charge in [0.05, 0.1) is 10.6 Å². The zero-order valence-corrected chi connectivity index (χ0v) is 14.5. The largest absolute Gasteiger partial charge is 0.508 e. The molecule has 0 saturated carbocycles. The number of amidine groups is 1. The van der Waals surface area contributed by atoms with E-state index in [9.17, 15) is 9.90 Å². The lowest BCUT2D eigenvalue weighted by atomic mass is 10.1. The van der Waals surface area contributed by atoms with Crippen LogP contribution in [-0.4, -0.2) is 33.1 Å². The Bertz CT molecular complexity index is 822. The van der Waals surface area contributed by atoms with Crippen molar-refractivity contribution in [2.24, 2.45) is 4.99 Å². The van der Waals surface area contributed by atoms with E-state index in [2.05, 4.69) is 9.98 Å². The minimum atomic E-state index is -0.0763. The molecule has 2 heterocycles. The van der Waals surface area contributed by atoms with Crippen molar-refractivity contribution in [1.29, 1.82) is 0 Å². The van der Waals surface area contributed by atoms with Crippen LogP contribution in [0.3, 0.4) is 0 Å². The molecule has 1 fully saturated rings. The fraction of sp³-hybridized carbons (Fsp3) is 0.188. The number of benzene rings is 1. The molecule has 0 unspecified atom stereocenters. The number of aromatic nitrogens is 1. The smallest absolute Gasteiger partial charge is 0.266 e. The Hall–Kier alpha value is -2.12. The predicted molar refractivity (Wildman–Crippen MR) is 95.0 cm³/mol. The Morgan fingerprint density at radius 3 is 2.61 bits per heavy atom. The molecule has 5 nitrogen and oxygen atoms in total. The number of allylic oxidation sites excluding steroid dienone is 1. The molecule has 0 aliphatic carbocycles. The van der Waals surface area contributed by atoms with Crippen LogP contribution < -0.4 is 0 Å². The van der Waals surface area contributed by atoms with E-state index in [0.29, 0.717) is 15.2 Å². The SMILES string of the molecule is C/C(=C1/S/C(=N/c2nc(C)cs2)N(C)C1=O)c1ccc(O)cc1. The molecule has 118 valence electrons. The molecule has 1 saturated heterocycles. The van der Waals surface area contributed by atoms with Crippen LogP contribution in [0, 0.1) is 6.92 Å². The molecular formula is C16H15N3O2S2. The quantitative estimate of drug-likeness (QED) is 0.841. The van der Waals surface area contributed by atoms with Gasteiger partial charge in [-0.1, -0.05) is 12.1 Å². The molecule has 1 aliphatic rings. The number of thioether (sulfide) groups is 1. The summed E-state index contributed by atoms with van der Waals surface area (Å²) >= 11 is 2.80. The van der Waals surface area contributed by atoms with Gasteiger partial charge in [-0.05, 0) is 48.9 Å². The second kappa shape index (κ2) is 6.17. The number of aromatic hydroxyl groups is 1. The highest BCUT2D eigenvalue weighted by Gasteiger charge is 2.32. The molecule has 23 heavy (non-hydrogen) atoms. The van der Waals surface area contributed by atoms with Crippen LogP contribution in [0.5, 0.6) is 5.75 Å². The van der Waals surface area contributed by atoms with Crippen LogP contribution >= 0.6 is 23.1 Å². The number of nitrogens with zero attached hydrogens (tertiary/aromatic N) is 3. The number of carbonyl (C=O) groups excluding carboxylic acids is 1. The number of rotatable bonds is 2. The molecule has 3 rings (SSSR count). The number of amides is 1. The number of hydrogen-bond acceptors (Lipinski definition) is 6. The van der Waals surface area contributed by atoms with Crippen molar-refractivity contribution in [3.05, 3.63) is 45.8 Å². The molecule has 1 aromatic heterocycles. The van der Waals surface area contributed by atoms with Gasteiger partial charge in [0.1, 0.15) is 5.75 Å². The number of hydrogen-bond donors (Lipinski definition) is 1. The minimum Gasteiger partial charge on any atom is -0.508 e. The summed E-state index contributed by atoms with van der Waals surface area (Å²) in [7, 11) is 1.71. The van der Waals surface area contributed by atoms with Gasteiger partial charge in [0.25, 0.3) is 5.91 Å². The fourth-order valence-corrected chi connectivity index (χ4v) is 3.85. The van der Waals surface area contributed by atoms with Crippen LogP contribution in [0.2, 0.25) is 0 Å².